The lowest BCUT2D eigenvalue weighted by atomic mass is 10.0. The van der Waals surface area contributed by atoms with Crippen molar-refractivity contribution in [3.05, 3.63) is 60.8 Å². The molecule has 0 aromatic rings. The lowest BCUT2D eigenvalue weighted by Gasteiger charge is -2.18. The van der Waals surface area contributed by atoms with Crippen molar-refractivity contribution in [1.82, 2.24) is 0 Å². The normalized spacial score (nSPS) is 12.4. The van der Waals surface area contributed by atoms with Crippen molar-refractivity contribution < 1.29 is 28.6 Å². The number of carbonyl (C=O) groups excluding carboxylic acids is 3. The van der Waals surface area contributed by atoms with Gasteiger partial charge >= 0.3 is 17.9 Å². The van der Waals surface area contributed by atoms with Crippen LogP contribution >= 0.6 is 0 Å². The van der Waals surface area contributed by atoms with E-state index < -0.39 is 6.10 Å². The summed E-state index contributed by atoms with van der Waals surface area (Å²) in [6.07, 6.45) is 72.6. The molecule has 400 valence electrons. The number of allylic oxidation sites excluding steroid dienone is 10. The zero-order chi connectivity index (χ0) is 50.0. The molecule has 6 nitrogen and oxygen atoms in total. The molecule has 0 saturated heterocycles. The van der Waals surface area contributed by atoms with Crippen LogP contribution in [0.4, 0.5) is 0 Å². The molecule has 0 amide bonds. The first-order valence-corrected chi connectivity index (χ1v) is 29.8. The number of unbranched alkanes of at least 4 members (excludes halogenated alkanes) is 33. The van der Waals surface area contributed by atoms with Crippen molar-refractivity contribution >= 4 is 17.9 Å². The van der Waals surface area contributed by atoms with Crippen LogP contribution in [0.3, 0.4) is 0 Å². The first kappa shape index (κ1) is 66.1. The Kier molecular flexibility index (Phi) is 55.3. The Balaban J connectivity index is 4.07. The molecule has 0 aliphatic rings. The van der Waals surface area contributed by atoms with E-state index in [-0.39, 0.29) is 31.1 Å². The van der Waals surface area contributed by atoms with Crippen LogP contribution in [0.1, 0.15) is 303 Å². The molecule has 6 heteroatoms. The average Bonchev–Trinajstić information content (AvgIpc) is 3.35. The van der Waals surface area contributed by atoms with E-state index in [9.17, 15) is 14.4 Å². The van der Waals surface area contributed by atoms with Gasteiger partial charge in [0.25, 0.3) is 0 Å². The molecule has 0 fully saturated rings. The Morgan fingerprint density at radius 3 is 0.899 bits per heavy atom. The lowest BCUT2D eigenvalue weighted by Crippen LogP contribution is -2.30. The first-order valence-electron chi connectivity index (χ1n) is 29.8. The van der Waals surface area contributed by atoms with Gasteiger partial charge in [0.05, 0.1) is 0 Å². The molecule has 0 saturated carbocycles. The van der Waals surface area contributed by atoms with Crippen LogP contribution in [0.2, 0.25) is 0 Å². The molecule has 0 rings (SSSR count). The molecule has 0 heterocycles. The number of hydrogen-bond donors (Lipinski definition) is 0. The summed E-state index contributed by atoms with van der Waals surface area (Å²) in [7, 11) is 0. The molecular formula is C63H112O6. The van der Waals surface area contributed by atoms with Crippen LogP contribution in [0.15, 0.2) is 60.8 Å². The predicted octanol–water partition coefficient (Wildman–Crippen LogP) is 20.0. The fourth-order valence-electron chi connectivity index (χ4n) is 8.55. The molecule has 0 N–H and O–H groups in total. The molecule has 0 aromatic carbocycles. The second kappa shape index (κ2) is 57.7. The van der Waals surface area contributed by atoms with Gasteiger partial charge in [-0.3, -0.25) is 14.4 Å². The van der Waals surface area contributed by atoms with Crippen molar-refractivity contribution in [2.75, 3.05) is 13.2 Å². The summed E-state index contributed by atoms with van der Waals surface area (Å²) < 4.78 is 16.7. The largest absolute Gasteiger partial charge is 0.462 e. The van der Waals surface area contributed by atoms with Gasteiger partial charge in [-0.25, -0.2) is 0 Å². The maximum atomic E-state index is 12.8. The Bertz CT molecular complexity index is 1250. The van der Waals surface area contributed by atoms with Gasteiger partial charge in [-0.2, -0.15) is 0 Å². The summed E-state index contributed by atoms with van der Waals surface area (Å²) in [5, 5.41) is 0. The van der Waals surface area contributed by atoms with Crippen LogP contribution in [0.5, 0.6) is 0 Å². The minimum Gasteiger partial charge on any atom is -0.462 e. The molecular weight excluding hydrogens is 853 g/mol. The van der Waals surface area contributed by atoms with E-state index in [2.05, 4.69) is 81.5 Å². The fraction of sp³-hybridized carbons (Fsp3) is 0.794. The molecule has 69 heavy (non-hydrogen) atoms. The van der Waals surface area contributed by atoms with Gasteiger partial charge < -0.3 is 14.2 Å². The van der Waals surface area contributed by atoms with E-state index in [1.54, 1.807) is 0 Å². The average molecular weight is 966 g/mol. The van der Waals surface area contributed by atoms with Crippen molar-refractivity contribution in [2.24, 2.45) is 0 Å². The fourth-order valence-corrected chi connectivity index (χ4v) is 8.55. The summed E-state index contributed by atoms with van der Waals surface area (Å²) in [5.41, 5.74) is 0. The van der Waals surface area contributed by atoms with Crippen molar-refractivity contribution in [3.63, 3.8) is 0 Å². The monoisotopic (exact) mass is 965 g/mol. The summed E-state index contributed by atoms with van der Waals surface area (Å²) in [6.45, 7) is 6.47. The Labute approximate surface area is 428 Å². The van der Waals surface area contributed by atoms with Gasteiger partial charge in [-0.1, -0.05) is 261 Å². The highest BCUT2D eigenvalue weighted by Gasteiger charge is 2.19. The number of esters is 3. The maximum Gasteiger partial charge on any atom is 0.306 e. The second-order valence-corrected chi connectivity index (χ2v) is 19.9. The van der Waals surface area contributed by atoms with E-state index in [4.69, 9.17) is 14.2 Å². The molecule has 1 unspecified atom stereocenters. The van der Waals surface area contributed by atoms with E-state index in [1.165, 1.54) is 173 Å². The van der Waals surface area contributed by atoms with Gasteiger partial charge in [0, 0.05) is 19.3 Å². The molecule has 0 bridgehead atoms. The molecule has 0 aliphatic heterocycles. The molecule has 0 aliphatic carbocycles. The standard InChI is InChI=1S/C63H112O6/c1-4-7-10-13-15-17-19-21-23-25-27-29-31-33-35-37-39-41-43-45-47-50-53-56-62(65)68-59-60(58-67-61(64)55-52-49-12-9-6-3)69-63(66)57-54-51-48-46-44-42-40-38-36-34-32-30-28-26-24-22-20-18-16-14-11-8-5-2/h7,10,15,17,21,23,26-29,60H,4-6,8-9,11-14,16,18-20,22,24-25,30-59H2,1-3H3/b10-7-,17-15-,23-21-,28-26-,29-27-. The Morgan fingerprint density at radius 2 is 0.565 bits per heavy atom. The number of hydrogen-bond acceptors (Lipinski definition) is 6. The van der Waals surface area contributed by atoms with Gasteiger partial charge in [-0.15, -0.1) is 0 Å². The van der Waals surface area contributed by atoms with Gasteiger partial charge in [0.2, 0.25) is 0 Å². The third kappa shape index (κ3) is 55.9. The minimum absolute atomic E-state index is 0.0749. The predicted molar refractivity (Wildman–Crippen MR) is 298 cm³/mol. The SMILES string of the molecule is CC/C=C\C/C=C\C/C=C\C/C=C\CCCCCCCCCCCCC(=O)OCC(COC(=O)CCCCCCC)OC(=O)CCCCCCCCCCCCC/C=C\CCCCCCCCCC. The highest BCUT2D eigenvalue weighted by molar-refractivity contribution is 5.71. The smallest absolute Gasteiger partial charge is 0.306 e. The zero-order valence-electron chi connectivity index (χ0n) is 45.8. The lowest BCUT2D eigenvalue weighted by molar-refractivity contribution is -0.167. The number of carbonyl (C=O) groups is 3. The van der Waals surface area contributed by atoms with Crippen molar-refractivity contribution in [2.45, 2.75) is 309 Å². The summed E-state index contributed by atoms with van der Waals surface area (Å²) in [6, 6.07) is 0. The van der Waals surface area contributed by atoms with E-state index >= 15 is 0 Å². The zero-order valence-corrected chi connectivity index (χ0v) is 45.8. The van der Waals surface area contributed by atoms with Crippen LogP contribution in [-0.4, -0.2) is 37.2 Å². The Morgan fingerprint density at radius 1 is 0.304 bits per heavy atom. The molecule has 0 aromatic heterocycles. The van der Waals surface area contributed by atoms with Gasteiger partial charge in [0.1, 0.15) is 13.2 Å². The van der Waals surface area contributed by atoms with Crippen LogP contribution in [0.25, 0.3) is 0 Å². The van der Waals surface area contributed by atoms with Crippen molar-refractivity contribution in [3.8, 4) is 0 Å². The van der Waals surface area contributed by atoms with Gasteiger partial charge in [0.15, 0.2) is 6.10 Å². The topological polar surface area (TPSA) is 78.9 Å². The Hall–Kier alpha value is -2.89. The first-order chi connectivity index (χ1) is 34.0. The second-order valence-electron chi connectivity index (χ2n) is 19.9. The molecule has 1 atom stereocenters. The van der Waals surface area contributed by atoms with E-state index in [0.717, 1.165) is 89.9 Å². The highest BCUT2D eigenvalue weighted by Crippen LogP contribution is 2.16. The molecule has 0 radical (unpaired) electrons. The van der Waals surface area contributed by atoms with Crippen LogP contribution in [0, 0.1) is 0 Å². The molecule has 0 spiro atoms. The van der Waals surface area contributed by atoms with E-state index in [1.807, 2.05) is 0 Å². The van der Waals surface area contributed by atoms with Crippen LogP contribution < -0.4 is 0 Å². The maximum absolute atomic E-state index is 12.8. The van der Waals surface area contributed by atoms with Crippen LogP contribution in [-0.2, 0) is 28.6 Å². The van der Waals surface area contributed by atoms with E-state index in [0.29, 0.717) is 19.3 Å². The number of rotatable bonds is 54. The van der Waals surface area contributed by atoms with Crippen molar-refractivity contribution in [1.29, 1.82) is 0 Å². The summed E-state index contributed by atoms with van der Waals surface area (Å²) in [5.74, 6) is -0.882. The third-order valence-electron chi connectivity index (χ3n) is 13.0. The summed E-state index contributed by atoms with van der Waals surface area (Å²) in [4.78, 5) is 37.8. The minimum atomic E-state index is -0.772. The third-order valence-corrected chi connectivity index (χ3v) is 13.0. The number of ether oxygens (including phenoxy) is 3. The van der Waals surface area contributed by atoms with Gasteiger partial charge in [-0.05, 0) is 83.5 Å². The summed E-state index contributed by atoms with van der Waals surface area (Å²) >= 11 is 0. The highest BCUT2D eigenvalue weighted by atomic mass is 16.6. The quantitative estimate of drug-likeness (QED) is 0.0262.